The van der Waals surface area contributed by atoms with Gasteiger partial charge in [-0.25, -0.2) is 19.8 Å². The Morgan fingerprint density at radius 1 is 1.42 bits per heavy atom. The van der Waals surface area contributed by atoms with Crippen molar-refractivity contribution in [3.63, 3.8) is 0 Å². The van der Waals surface area contributed by atoms with Crippen molar-refractivity contribution in [2.75, 3.05) is 25.9 Å². The number of hydrogen-bond acceptors (Lipinski definition) is 10. The number of alkyl halides is 3. The van der Waals surface area contributed by atoms with E-state index >= 15 is 0 Å². The van der Waals surface area contributed by atoms with E-state index in [9.17, 15) is 37.5 Å². The third-order valence-electron chi connectivity index (χ3n) is 4.22. The van der Waals surface area contributed by atoms with Crippen LogP contribution < -0.4 is 11.1 Å². The quantitative estimate of drug-likeness (QED) is 0.359. The van der Waals surface area contributed by atoms with Crippen molar-refractivity contribution in [2.45, 2.75) is 12.2 Å². The molecule has 0 saturated carbocycles. The zero-order valence-corrected chi connectivity index (χ0v) is 16.3. The monoisotopic (exact) mass is 462 g/mol. The number of nitrogens with zero attached hydrogens (tertiary/aromatic N) is 4. The molecule has 1 fully saturated rings. The van der Waals surface area contributed by atoms with Crippen LogP contribution in [0.2, 0.25) is 0 Å². The Morgan fingerprint density at radius 3 is 2.61 bits per heavy atom. The first kappa shape index (κ1) is 22.2. The molecule has 4 N–H and O–H groups in total. The van der Waals surface area contributed by atoms with E-state index in [4.69, 9.17) is 5.73 Å². The van der Waals surface area contributed by atoms with Crippen LogP contribution in [0, 0.1) is 0 Å². The number of nitrogens with one attached hydrogen (secondary N) is 1. The Kier molecular flexibility index (Phi) is 5.68. The Labute approximate surface area is 174 Å². The van der Waals surface area contributed by atoms with Crippen molar-refractivity contribution in [3.05, 3.63) is 22.3 Å². The zero-order valence-electron chi connectivity index (χ0n) is 15.5. The van der Waals surface area contributed by atoms with Gasteiger partial charge < -0.3 is 21.0 Å². The number of Topliss-reactive ketones (excluding diaryl/α,β-unsaturated/α-hetero) is 1. The van der Waals surface area contributed by atoms with Gasteiger partial charge in [-0.05, 0) is 0 Å². The summed E-state index contributed by atoms with van der Waals surface area (Å²) in [4.78, 5) is 56.8. The number of hydrazine groups is 1. The number of nitrogens with two attached hydrogens (primary N) is 1. The SMILES string of the molecule is CO/N=C(/C(=O)N[C@H]1CN2CC(C(=O)C(F)(F)F)=C(C(=O)O)N2C1=O)c1csc(N)n1. The van der Waals surface area contributed by atoms with E-state index in [0.29, 0.717) is 5.01 Å². The first-order valence-corrected chi connectivity index (χ1v) is 9.13. The number of aromatic nitrogens is 1. The summed E-state index contributed by atoms with van der Waals surface area (Å²) in [5.74, 6) is -6.20. The topological polar surface area (TPSA) is 168 Å². The summed E-state index contributed by atoms with van der Waals surface area (Å²) in [6, 6.07) is -1.33. The Morgan fingerprint density at radius 2 is 2.10 bits per heavy atom. The zero-order chi connectivity index (χ0) is 23.1. The maximum atomic E-state index is 12.8. The molecule has 0 spiro atoms. The number of nitrogen functional groups attached to an aromatic ring is 1. The van der Waals surface area contributed by atoms with E-state index in [1.807, 2.05) is 0 Å². The van der Waals surface area contributed by atoms with Crippen LogP contribution in [-0.4, -0.2) is 81.8 Å². The molecule has 2 aliphatic heterocycles. The molecule has 3 heterocycles. The smallest absolute Gasteiger partial charge is 0.454 e. The number of rotatable bonds is 6. The highest BCUT2D eigenvalue weighted by atomic mass is 32.1. The minimum absolute atomic E-state index is 0.0530. The number of thiazole rings is 1. The molecule has 12 nitrogen and oxygen atoms in total. The highest BCUT2D eigenvalue weighted by molar-refractivity contribution is 7.13. The molecule has 166 valence electrons. The minimum Gasteiger partial charge on any atom is -0.477 e. The van der Waals surface area contributed by atoms with Gasteiger partial charge in [-0.2, -0.15) is 13.2 Å². The third kappa shape index (κ3) is 4.06. The molecule has 0 aliphatic carbocycles. The second kappa shape index (κ2) is 7.95. The first-order valence-electron chi connectivity index (χ1n) is 8.25. The number of fused-ring (bicyclic) bond motifs is 1. The average Bonchev–Trinajstić information content (AvgIpc) is 3.33. The average molecular weight is 462 g/mol. The summed E-state index contributed by atoms with van der Waals surface area (Å²) in [6.07, 6.45) is -5.31. The molecule has 16 heteroatoms. The largest absolute Gasteiger partial charge is 0.477 e. The Hall–Kier alpha value is -3.53. The van der Waals surface area contributed by atoms with E-state index in [-0.39, 0.29) is 23.1 Å². The van der Waals surface area contributed by atoms with Crippen molar-refractivity contribution in [3.8, 4) is 0 Å². The lowest BCUT2D eigenvalue weighted by Gasteiger charge is -2.19. The fraction of sp³-hybridized carbons (Fsp3) is 0.333. The molecular weight excluding hydrogens is 449 g/mol. The molecule has 2 amide bonds. The van der Waals surface area contributed by atoms with Crippen molar-refractivity contribution in [2.24, 2.45) is 5.16 Å². The molecule has 1 aromatic heterocycles. The molecule has 0 bridgehead atoms. The number of carboxylic acids is 1. The predicted molar refractivity (Wildman–Crippen MR) is 96.1 cm³/mol. The molecule has 31 heavy (non-hydrogen) atoms. The highest BCUT2D eigenvalue weighted by Gasteiger charge is 2.53. The summed E-state index contributed by atoms with van der Waals surface area (Å²) < 4.78 is 38.4. The van der Waals surface area contributed by atoms with Gasteiger partial charge in [0.25, 0.3) is 17.6 Å². The van der Waals surface area contributed by atoms with Crippen molar-refractivity contribution in [1.82, 2.24) is 20.3 Å². The molecule has 1 aromatic rings. The molecule has 0 unspecified atom stereocenters. The van der Waals surface area contributed by atoms with E-state index < -0.39 is 53.6 Å². The number of amides is 2. The van der Waals surface area contributed by atoms with E-state index in [2.05, 4.69) is 20.3 Å². The highest BCUT2D eigenvalue weighted by Crippen LogP contribution is 2.33. The second-order valence-electron chi connectivity index (χ2n) is 6.18. The summed E-state index contributed by atoms with van der Waals surface area (Å²) in [6.45, 7) is -1.14. The van der Waals surface area contributed by atoms with Gasteiger partial charge in [0.1, 0.15) is 18.8 Å². The molecule has 2 aliphatic rings. The summed E-state index contributed by atoms with van der Waals surface area (Å²) in [5.41, 5.74) is 3.06. The maximum Gasteiger partial charge on any atom is 0.454 e. The van der Waals surface area contributed by atoms with Crippen molar-refractivity contribution < 1.29 is 42.3 Å². The normalized spacial score (nSPS) is 19.6. The maximum absolute atomic E-state index is 12.8. The van der Waals surface area contributed by atoms with E-state index in [0.717, 1.165) is 23.5 Å². The van der Waals surface area contributed by atoms with Gasteiger partial charge in [0.15, 0.2) is 16.5 Å². The van der Waals surface area contributed by atoms with Gasteiger partial charge in [0.05, 0.1) is 12.1 Å². The van der Waals surface area contributed by atoms with Gasteiger partial charge in [-0.3, -0.25) is 14.4 Å². The lowest BCUT2D eigenvalue weighted by Crippen LogP contribution is -2.46. The molecule has 1 atom stereocenters. The van der Waals surface area contributed by atoms with Crippen LogP contribution in [0.1, 0.15) is 5.69 Å². The first-order chi connectivity index (χ1) is 14.5. The van der Waals surface area contributed by atoms with Gasteiger partial charge >= 0.3 is 12.1 Å². The fourth-order valence-corrected chi connectivity index (χ4v) is 3.57. The van der Waals surface area contributed by atoms with Gasteiger partial charge in [0.2, 0.25) is 0 Å². The lowest BCUT2D eigenvalue weighted by molar-refractivity contribution is -0.166. The Balaban J connectivity index is 1.84. The number of carbonyl (C=O) groups is 4. The van der Waals surface area contributed by atoms with Crippen LogP contribution in [0.25, 0.3) is 0 Å². The van der Waals surface area contributed by atoms with Crippen LogP contribution in [0.4, 0.5) is 18.3 Å². The lowest BCUT2D eigenvalue weighted by atomic mass is 10.1. The van der Waals surface area contributed by atoms with E-state index in [1.54, 1.807) is 0 Å². The molecule has 0 radical (unpaired) electrons. The van der Waals surface area contributed by atoms with Crippen LogP contribution in [0.3, 0.4) is 0 Å². The number of halogens is 3. The predicted octanol–water partition coefficient (Wildman–Crippen LogP) is -0.896. The molecule has 0 aromatic carbocycles. The number of carbonyl (C=O) groups excluding carboxylic acids is 3. The van der Waals surface area contributed by atoms with Crippen LogP contribution in [0.5, 0.6) is 0 Å². The van der Waals surface area contributed by atoms with Crippen LogP contribution >= 0.6 is 11.3 Å². The number of ketones is 1. The van der Waals surface area contributed by atoms with Crippen LogP contribution in [0.15, 0.2) is 21.8 Å². The number of carboxylic acid groups (broad SMARTS) is 1. The minimum atomic E-state index is -5.31. The van der Waals surface area contributed by atoms with Gasteiger partial charge in [0, 0.05) is 11.9 Å². The summed E-state index contributed by atoms with van der Waals surface area (Å²) in [5, 5.41) is 18.0. The number of hydrogen-bond donors (Lipinski definition) is 3. The molecule has 3 rings (SSSR count). The number of aliphatic carboxylic acids is 1. The Bertz CT molecular complexity index is 1030. The van der Waals surface area contributed by atoms with Gasteiger partial charge in [-0.1, -0.05) is 5.16 Å². The standard InChI is InChI=1S/C15H13F3N6O6S/c1-30-22-8(7-4-31-14(19)21-7)11(26)20-6-3-23-2-5(10(25)15(16,17)18)9(13(28)29)24(23)12(6)27/h4,6H,2-3H2,1H3,(H2,19,21)(H,20,26)(H,28,29)/b22-8+/t6-/m0/s1. The third-order valence-corrected chi connectivity index (χ3v) is 4.90. The van der Waals surface area contributed by atoms with Crippen molar-refractivity contribution >= 4 is 45.7 Å². The van der Waals surface area contributed by atoms with Crippen LogP contribution in [-0.2, 0) is 24.0 Å². The fourth-order valence-electron chi connectivity index (χ4n) is 3.03. The van der Waals surface area contributed by atoms with Crippen molar-refractivity contribution in [1.29, 1.82) is 0 Å². The summed E-state index contributed by atoms with van der Waals surface area (Å²) >= 11 is 1.01. The summed E-state index contributed by atoms with van der Waals surface area (Å²) in [7, 11) is 1.16. The molecule has 1 saturated heterocycles. The molecular formula is C15H13F3N6O6S. The number of anilines is 1. The van der Waals surface area contributed by atoms with E-state index in [1.165, 1.54) is 5.38 Å². The number of oxime groups is 1. The van der Waals surface area contributed by atoms with Gasteiger partial charge in [-0.15, -0.1) is 11.3 Å². The second-order valence-corrected chi connectivity index (χ2v) is 7.07.